The fraction of sp³-hybridized carbons (Fsp3) is 0.357. The molecule has 0 aromatic heterocycles. The maximum Gasteiger partial charge on any atom is 0.523 e. The van der Waals surface area contributed by atoms with Crippen molar-refractivity contribution >= 4 is 10.1 Å². The van der Waals surface area contributed by atoms with Crippen molar-refractivity contribution in [3.63, 3.8) is 0 Å². The molecule has 1 fully saturated rings. The molecule has 3 aromatic rings. The molecule has 8 nitrogen and oxygen atoms in total. The number of rotatable bonds is 12. The van der Waals surface area contributed by atoms with Gasteiger partial charge in [-0.2, -0.15) is 21.6 Å². The summed E-state index contributed by atoms with van der Waals surface area (Å²) in [4.78, 5) is 0. The van der Waals surface area contributed by atoms with Gasteiger partial charge in [0.1, 0.15) is 18.3 Å². The Hall–Kier alpha value is -2.84. The summed E-state index contributed by atoms with van der Waals surface area (Å²) in [6.07, 6.45) is -7.90. The fourth-order valence-corrected chi connectivity index (χ4v) is 4.73. The lowest BCUT2D eigenvalue weighted by Crippen LogP contribution is -2.62. The number of ether oxygens (including phenoxy) is 4. The highest BCUT2D eigenvalue weighted by Gasteiger charge is 2.55. The predicted octanol–water partition coefficient (Wildman–Crippen LogP) is 4.33. The Morgan fingerprint density at radius 2 is 1.15 bits per heavy atom. The molecule has 40 heavy (non-hydrogen) atoms. The quantitative estimate of drug-likeness (QED) is 0.249. The van der Waals surface area contributed by atoms with Crippen LogP contribution in [0, 0.1) is 0 Å². The van der Waals surface area contributed by atoms with E-state index in [0.717, 1.165) is 11.1 Å². The Kier molecular flexibility index (Phi) is 10.3. The van der Waals surface area contributed by atoms with Crippen LogP contribution in [0.3, 0.4) is 0 Å². The summed E-state index contributed by atoms with van der Waals surface area (Å²) in [6.45, 7) is -0.105. The summed E-state index contributed by atoms with van der Waals surface area (Å²) in [5.74, 6) is 0. The van der Waals surface area contributed by atoms with Crippen molar-refractivity contribution in [1.29, 1.82) is 0 Å². The van der Waals surface area contributed by atoms with E-state index >= 15 is 0 Å². The molecule has 1 unspecified atom stereocenters. The van der Waals surface area contributed by atoms with E-state index in [4.69, 9.17) is 18.9 Å². The first-order chi connectivity index (χ1) is 19.1. The van der Waals surface area contributed by atoms with Crippen molar-refractivity contribution in [2.24, 2.45) is 0 Å². The minimum absolute atomic E-state index is 0.00984. The number of aliphatic hydroxyl groups excluding tert-OH is 1. The van der Waals surface area contributed by atoms with Gasteiger partial charge in [0, 0.05) is 0 Å². The van der Waals surface area contributed by atoms with Crippen molar-refractivity contribution < 1.29 is 49.8 Å². The molecule has 216 valence electrons. The van der Waals surface area contributed by atoms with Crippen LogP contribution in [-0.2, 0) is 53.1 Å². The Morgan fingerprint density at radius 3 is 1.62 bits per heavy atom. The summed E-state index contributed by atoms with van der Waals surface area (Å²) in [5, 5.41) is 10.7. The zero-order valence-electron chi connectivity index (χ0n) is 21.2. The number of aliphatic hydroxyl groups is 1. The van der Waals surface area contributed by atoms with Gasteiger partial charge in [0.2, 0.25) is 0 Å². The molecule has 1 aliphatic rings. The predicted molar refractivity (Wildman–Crippen MR) is 137 cm³/mol. The number of alkyl halides is 3. The maximum absolute atomic E-state index is 13.2. The molecule has 1 heterocycles. The van der Waals surface area contributed by atoms with Gasteiger partial charge in [-0.15, -0.1) is 0 Å². The van der Waals surface area contributed by atoms with Gasteiger partial charge in [-0.25, -0.2) is 0 Å². The minimum Gasteiger partial charge on any atom is -0.374 e. The highest BCUT2D eigenvalue weighted by atomic mass is 32.2. The lowest BCUT2D eigenvalue weighted by atomic mass is 9.98. The van der Waals surface area contributed by atoms with Gasteiger partial charge in [-0.3, -0.25) is 4.18 Å². The van der Waals surface area contributed by atoms with Gasteiger partial charge in [0.05, 0.1) is 26.4 Å². The van der Waals surface area contributed by atoms with Crippen LogP contribution in [0.15, 0.2) is 91.0 Å². The first kappa shape index (κ1) is 30.1. The van der Waals surface area contributed by atoms with Crippen LogP contribution in [0.5, 0.6) is 0 Å². The van der Waals surface area contributed by atoms with E-state index in [1.807, 2.05) is 30.3 Å². The summed E-state index contributed by atoms with van der Waals surface area (Å²) >= 11 is 0. The monoisotopic (exact) mass is 582 g/mol. The van der Waals surface area contributed by atoms with Gasteiger partial charge < -0.3 is 24.1 Å². The molecule has 3 aromatic carbocycles. The lowest BCUT2D eigenvalue weighted by Gasteiger charge is -2.44. The molecule has 5 atom stereocenters. The largest absolute Gasteiger partial charge is 0.523 e. The zero-order chi connectivity index (χ0) is 28.6. The Balaban J connectivity index is 1.61. The Labute approximate surface area is 230 Å². The number of benzene rings is 3. The second-order valence-corrected chi connectivity index (χ2v) is 10.6. The standard InChI is InChI=1S/C28H29F3O8S/c29-28(30,31)40(33,34)39-26-25(37-18-22-14-8-3-9-15-22)24(36-17-21-12-6-2-7-13-21)23(38-27(26)32)19-35-16-20-10-4-1-5-11-20/h1-15,23-27,32H,16-19H2/t23-,24-,25+,26-,27?/m1/s1. The van der Waals surface area contributed by atoms with Gasteiger partial charge in [-0.05, 0) is 16.7 Å². The van der Waals surface area contributed by atoms with Gasteiger partial charge >= 0.3 is 15.6 Å². The van der Waals surface area contributed by atoms with Crippen LogP contribution in [0.2, 0.25) is 0 Å². The summed E-state index contributed by atoms with van der Waals surface area (Å²) in [7, 11) is -6.11. The van der Waals surface area contributed by atoms with Crippen LogP contribution < -0.4 is 0 Å². The van der Waals surface area contributed by atoms with Crippen molar-refractivity contribution in [1.82, 2.24) is 0 Å². The van der Waals surface area contributed by atoms with Crippen molar-refractivity contribution in [2.45, 2.75) is 56.0 Å². The molecule has 0 radical (unpaired) electrons. The number of hydrogen-bond donors (Lipinski definition) is 1. The molecular formula is C28H29F3O8S. The molecule has 1 saturated heterocycles. The van der Waals surface area contributed by atoms with Crippen LogP contribution in [0.4, 0.5) is 13.2 Å². The van der Waals surface area contributed by atoms with E-state index in [-0.39, 0.29) is 26.4 Å². The second-order valence-electron chi connectivity index (χ2n) is 9.05. The third-order valence-corrected chi connectivity index (χ3v) is 7.14. The minimum atomic E-state index is -6.11. The topological polar surface area (TPSA) is 101 Å². The molecule has 0 aliphatic carbocycles. The normalized spacial score (nSPS) is 23.6. The van der Waals surface area contributed by atoms with E-state index in [1.54, 1.807) is 60.7 Å². The fourth-order valence-electron chi connectivity index (χ4n) is 4.12. The van der Waals surface area contributed by atoms with E-state index in [0.29, 0.717) is 5.56 Å². The third-order valence-electron chi connectivity index (χ3n) is 6.09. The molecule has 1 N–H and O–H groups in total. The van der Waals surface area contributed by atoms with Crippen LogP contribution >= 0.6 is 0 Å². The molecule has 0 spiro atoms. The molecule has 4 rings (SSSR count). The van der Waals surface area contributed by atoms with Crippen LogP contribution in [-0.4, -0.2) is 56.3 Å². The molecule has 0 amide bonds. The molecule has 12 heteroatoms. The van der Waals surface area contributed by atoms with Crippen LogP contribution in [0.1, 0.15) is 16.7 Å². The van der Waals surface area contributed by atoms with Gasteiger partial charge in [-0.1, -0.05) is 91.0 Å². The molecule has 0 saturated carbocycles. The van der Waals surface area contributed by atoms with E-state index in [9.17, 15) is 26.7 Å². The highest BCUT2D eigenvalue weighted by molar-refractivity contribution is 7.87. The number of hydrogen-bond acceptors (Lipinski definition) is 8. The summed E-state index contributed by atoms with van der Waals surface area (Å²) < 4.78 is 91.4. The van der Waals surface area contributed by atoms with Crippen molar-refractivity contribution in [3.8, 4) is 0 Å². The van der Waals surface area contributed by atoms with E-state index in [1.165, 1.54) is 0 Å². The summed E-state index contributed by atoms with van der Waals surface area (Å²) in [6, 6.07) is 26.8. The molecule has 1 aliphatic heterocycles. The number of halogens is 3. The Morgan fingerprint density at radius 1 is 0.700 bits per heavy atom. The SMILES string of the molecule is O=S(=O)(O[C@H]1C(O)O[C@H](COCc2ccccc2)[C@@H](OCc2ccccc2)[C@@H]1OCc1ccccc1)C(F)(F)F. The van der Waals surface area contributed by atoms with E-state index in [2.05, 4.69) is 4.18 Å². The lowest BCUT2D eigenvalue weighted by molar-refractivity contribution is -0.302. The van der Waals surface area contributed by atoms with E-state index < -0.39 is 46.3 Å². The first-order valence-corrected chi connectivity index (χ1v) is 13.8. The average Bonchev–Trinajstić information content (AvgIpc) is 2.94. The highest BCUT2D eigenvalue weighted by Crippen LogP contribution is 2.34. The summed E-state index contributed by atoms with van der Waals surface area (Å²) in [5.41, 5.74) is -3.48. The average molecular weight is 583 g/mol. The maximum atomic E-state index is 13.2. The van der Waals surface area contributed by atoms with Gasteiger partial charge in [0.15, 0.2) is 12.4 Å². The second kappa shape index (κ2) is 13.7. The first-order valence-electron chi connectivity index (χ1n) is 12.4. The Bertz CT molecular complexity index is 1280. The molecule has 0 bridgehead atoms. The van der Waals surface area contributed by atoms with Crippen LogP contribution in [0.25, 0.3) is 0 Å². The molecular weight excluding hydrogens is 553 g/mol. The van der Waals surface area contributed by atoms with Crippen molar-refractivity contribution in [3.05, 3.63) is 108 Å². The zero-order valence-corrected chi connectivity index (χ0v) is 22.0. The van der Waals surface area contributed by atoms with Gasteiger partial charge in [0.25, 0.3) is 0 Å². The van der Waals surface area contributed by atoms with Crippen molar-refractivity contribution in [2.75, 3.05) is 6.61 Å². The smallest absolute Gasteiger partial charge is 0.374 e. The third kappa shape index (κ3) is 8.10.